The summed E-state index contributed by atoms with van der Waals surface area (Å²) in [6.07, 6.45) is 1.75. The van der Waals surface area contributed by atoms with Crippen molar-refractivity contribution in [2.24, 2.45) is 0 Å². The Morgan fingerprint density at radius 2 is 1.87 bits per heavy atom. The number of halogens is 1. The van der Waals surface area contributed by atoms with Gasteiger partial charge in [-0.25, -0.2) is 4.98 Å². The van der Waals surface area contributed by atoms with Gasteiger partial charge in [0.15, 0.2) is 10.7 Å². The van der Waals surface area contributed by atoms with Gasteiger partial charge >= 0.3 is 0 Å². The molecule has 1 amide bonds. The van der Waals surface area contributed by atoms with Gasteiger partial charge in [0.2, 0.25) is 5.91 Å². The topological polar surface area (TPSA) is 81.8 Å². The van der Waals surface area contributed by atoms with Crippen LogP contribution in [0.5, 0.6) is 0 Å². The maximum absolute atomic E-state index is 13.2. The first-order valence-corrected chi connectivity index (χ1v) is 11.1. The second kappa shape index (κ2) is 9.36. The van der Waals surface area contributed by atoms with Gasteiger partial charge < -0.3 is 5.32 Å². The van der Waals surface area contributed by atoms with E-state index in [9.17, 15) is 9.59 Å². The summed E-state index contributed by atoms with van der Waals surface area (Å²) in [5.41, 5.74) is 2.22. The monoisotopic (exact) mass is 453 g/mol. The van der Waals surface area contributed by atoms with Crippen LogP contribution in [0.25, 0.3) is 11.0 Å². The Labute approximate surface area is 188 Å². The van der Waals surface area contributed by atoms with Crippen LogP contribution in [0.2, 0.25) is 5.02 Å². The number of carbonyl (C=O) groups excluding carboxylic acids is 1. The second-order valence-corrected chi connectivity index (χ2v) is 8.21. The lowest BCUT2D eigenvalue weighted by Gasteiger charge is -2.12. The zero-order valence-corrected chi connectivity index (χ0v) is 18.4. The molecule has 7 nitrogen and oxygen atoms in total. The number of amides is 1. The Kier molecular flexibility index (Phi) is 6.39. The minimum Gasteiger partial charge on any atom is -0.325 e. The lowest BCUT2D eigenvalue weighted by molar-refractivity contribution is -0.113. The number of para-hydroxylation sites is 1. The second-order valence-electron chi connectivity index (χ2n) is 6.83. The van der Waals surface area contributed by atoms with Crippen LogP contribution in [0, 0.1) is 0 Å². The summed E-state index contributed by atoms with van der Waals surface area (Å²) >= 11 is 7.20. The molecule has 0 spiro atoms. The number of nitrogens with zero attached hydrogens (tertiary/aromatic N) is 4. The van der Waals surface area contributed by atoms with Crippen molar-refractivity contribution >= 4 is 46.0 Å². The average molecular weight is 454 g/mol. The van der Waals surface area contributed by atoms with Crippen molar-refractivity contribution in [3.05, 3.63) is 81.7 Å². The number of hydrogen-bond acceptors (Lipinski definition) is 5. The molecule has 1 N–H and O–H groups in total. The molecule has 0 unspecified atom stereocenters. The van der Waals surface area contributed by atoms with Gasteiger partial charge in [-0.05, 0) is 36.8 Å². The third-order valence-corrected chi connectivity index (χ3v) is 5.83. The minimum atomic E-state index is -0.238. The van der Waals surface area contributed by atoms with E-state index in [1.54, 1.807) is 27.6 Å². The number of rotatable bonds is 7. The summed E-state index contributed by atoms with van der Waals surface area (Å²) in [7, 11) is 0. The number of aryl methyl sites for hydroxylation is 1. The number of fused-ring (bicyclic) bond motifs is 1. The minimum absolute atomic E-state index is 0.120. The van der Waals surface area contributed by atoms with Crippen LogP contribution >= 0.6 is 23.4 Å². The summed E-state index contributed by atoms with van der Waals surface area (Å²) in [6, 6.07) is 16.5. The highest BCUT2D eigenvalue weighted by Crippen LogP contribution is 2.20. The van der Waals surface area contributed by atoms with E-state index in [1.807, 2.05) is 49.4 Å². The van der Waals surface area contributed by atoms with Crippen molar-refractivity contribution in [2.45, 2.75) is 25.2 Å². The maximum atomic E-state index is 13.2. The van der Waals surface area contributed by atoms with Crippen LogP contribution in [0.3, 0.4) is 0 Å². The molecule has 0 saturated carbocycles. The number of hydrogen-bond donors (Lipinski definition) is 1. The quantitative estimate of drug-likeness (QED) is 0.337. The Hall–Kier alpha value is -3.10. The SMILES string of the molecule is CCn1cc2nc(SCC(=O)Nc3ccccc3)n(Cc3ccc(Cl)cc3)c(=O)c2n1. The molecule has 0 fully saturated rings. The van der Waals surface area contributed by atoms with Gasteiger partial charge in [0.1, 0.15) is 5.52 Å². The molecular weight excluding hydrogens is 434 g/mol. The third kappa shape index (κ3) is 4.98. The van der Waals surface area contributed by atoms with Crippen molar-refractivity contribution in [3.8, 4) is 0 Å². The number of carbonyl (C=O) groups is 1. The van der Waals surface area contributed by atoms with E-state index in [2.05, 4.69) is 15.4 Å². The standard InChI is InChI=1S/C22H20ClN5O2S/c1-2-27-13-18-20(26-27)21(30)28(12-15-8-10-16(23)11-9-15)22(25-18)31-14-19(29)24-17-6-4-3-5-7-17/h3-11,13H,2,12,14H2,1H3,(H,24,29). The number of aromatic nitrogens is 4. The average Bonchev–Trinajstić information content (AvgIpc) is 3.20. The number of nitrogens with one attached hydrogen (secondary N) is 1. The molecule has 0 aliphatic heterocycles. The van der Waals surface area contributed by atoms with Crippen molar-refractivity contribution in [1.29, 1.82) is 0 Å². The smallest absolute Gasteiger partial charge is 0.282 e. The third-order valence-electron chi connectivity index (χ3n) is 4.60. The van der Waals surface area contributed by atoms with E-state index in [-0.39, 0.29) is 17.2 Å². The molecule has 0 bridgehead atoms. The summed E-state index contributed by atoms with van der Waals surface area (Å²) < 4.78 is 3.24. The van der Waals surface area contributed by atoms with Crippen molar-refractivity contribution < 1.29 is 4.79 Å². The molecule has 0 atom stereocenters. The summed E-state index contributed by atoms with van der Waals surface area (Å²) in [5, 5.41) is 8.28. The molecule has 4 aromatic rings. The van der Waals surface area contributed by atoms with Crippen LogP contribution in [0.1, 0.15) is 12.5 Å². The predicted molar refractivity (Wildman–Crippen MR) is 124 cm³/mol. The van der Waals surface area contributed by atoms with Crippen LogP contribution in [0.4, 0.5) is 5.69 Å². The van der Waals surface area contributed by atoms with E-state index < -0.39 is 0 Å². The summed E-state index contributed by atoms with van der Waals surface area (Å²) in [6.45, 7) is 2.89. The molecule has 158 valence electrons. The largest absolute Gasteiger partial charge is 0.325 e. The highest BCUT2D eigenvalue weighted by atomic mass is 35.5. The van der Waals surface area contributed by atoms with Gasteiger partial charge in [0.05, 0.1) is 18.5 Å². The Bertz CT molecular complexity index is 1270. The number of anilines is 1. The number of benzene rings is 2. The molecule has 0 aliphatic rings. The van der Waals surface area contributed by atoms with E-state index in [4.69, 9.17) is 11.6 Å². The van der Waals surface area contributed by atoms with Crippen LogP contribution in [-0.2, 0) is 17.9 Å². The van der Waals surface area contributed by atoms with E-state index >= 15 is 0 Å². The lowest BCUT2D eigenvalue weighted by Crippen LogP contribution is -2.25. The molecular formula is C22H20ClN5O2S. The predicted octanol–water partition coefficient (Wildman–Crippen LogP) is 4.05. The Morgan fingerprint density at radius 3 is 2.58 bits per heavy atom. The van der Waals surface area contributed by atoms with Crippen molar-refractivity contribution in [1.82, 2.24) is 19.3 Å². The van der Waals surface area contributed by atoms with Gasteiger partial charge in [-0.1, -0.05) is 53.7 Å². The van der Waals surface area contributed by atoms with Gasteiger partial charge in [0, 0.05) is 17.3 Å². The molecule has 0 aliphatic carbocycles. The van der Waals surface area contributed by atoms with Crippen molar-refractivity contribution in [3.63, 3.8) is 0 Å². The van der Waals surface area contributed by atoms with E-state index in [0.717, 1.165) is 11.3 Å². The zero-order valence-electron chi connectivity index (χ0n) is 16.8. The van der Waals surface area contributed by atoms with Gasteiger partial charge in [0.25, 0.3) is 5.56 Å². The van der Waals surface area contributed by atoms with E-state index in [1.165, 1.54) is 11.8 Å². The highest BCUT2D eigenvalue weighted by Gasteiger charge is 2.16. The fourth-order valence-electron chi connectivity index (χ4n) is 3.06. The molecule has 4 rings (SSSR count). The zero-order chi connectivity index (χ0) is 21.8. The van der Waals surface area contributed by atoms with Gasteiger partial charge in [-0.2, -0.15) is 5.10 Å². The molecule has 2 aromatic carbocycles. The fraction of sp³-hybridized carbons (Fsp3) is 0.182. The van der Waals surface area contributed by atoms with Crippen molar-refractivity contribution in [2.75, 3.05) is 11.1 Å². The first-order chi connectivity index (χ1) is 15.0. The maximum Gasteiger partial charge on any atom is 0.282 e. The lowest BCUT2D eigenvalue weighted by atomic mass is 10.2. The Balaban J connectivity index is 1.64. The van der Waals surface area contributed by atoms with Crippen LogP contribution < -0.4 is 10.9 Å². The summed E-state index contributed by atoms with van der Waals surface area (Å²) in [5.74, 6) is -0.0529. The first kappa shape index (κ1) is 21.1. The molecule has 2 heterocycles. The number of thioether (sulfide) groups is 1. The van der Waals surface area contributed by atoms with Gasteiger partial charge in [-0.3, -0.25) is 18.8 Å². The normalized spacial score (nSPS) is 11.0. The fourth-order valence-corrected chi connectivity index (χ4v) is 3.98. The summed E-state index contributed by atoms with van der Waals surface area (Å²) in [4.78, 5) is 30.2. The Morgan fingerprint density at radius 1 is 1.13 bits per heavy atom. The highest BCUT2D eigenvalue weighted by molar-refractivity contribution is 7.99. The van der Waals surface area contributed by atoms with Gasteiger partial charge in [-0.15, -0.1) is 0 Å². The molecule has 0 radical (unpaired) electrons. The van der Waals surface area contributed by atoms with Crippen LogP contribution in [0.15, 0.2) is 70.7 Å². The first-order valence-electron chi connectivity index (χ1n) is 9.73. The molecule has 0 saturated heterocycles. The molecule has 31 heavy (non-hydrogen) atoms. The molecule has 9 heteroatoms. The van der Waals surface area contributed by atoms with E-state index in [0.29, 0.717) is 34.3 Å². The van der Waals surface area contributed by atoms with Crippen LogP contribution in [-0.4, -0.2) is 31.0 Å². The molecule has 2 aromatic heterocycles.